The monoisotopic (exact) mass is 338 g/mol. The molecule has 0 spiro atoms. The highest BCUT2D eigenvalue weighted by molar-refractivity contribution is 7.22. The second-order valence-corrected chi connectivity index (χ2v) is 6.61. The predicted octanol–water partition coefficient (Wildman–Crippen LogP) is 1.31. The van der Waals surface area contributed by atoms with Gasteiger partial charge in [0.05, 0.1) is 25.0 Å². The number of likely N-dealkylation sites (N-methyl/N-ethyl adjacent to an activating group) is 1. The van der Waals surface area contributed by atoms with Gasteiger partial charge in [-0.2, -0.15) is 4.98 Å². The Morgan fingerprint density at radius 3 is 3.09 bits per heavy atom. The molecule has 1 fully saturated rings. The lowest BCUT2D eigenvalue weighted by Gasteiger charge is -2.40. The van der Waals surface area contributed by atoms with Crippen LogP contribution in [-0.4, -0.2) is 61.2 Å². The number of nitrogens with one attached hydrogen (secondary N) is 1. The number of aliphatic hydroxyl groups excluding tert-OH is 1. The molecule has 2 heterocycles. The minimum absolute atomic E-state index is 0.0102. The highest BCUT2D eigenvalue weighted by Gasteiger charge is 2.42. The summed E-state index contributed by atoms with van der Waals surface area (Å²) in [5.41, 5.74) is 0.735. The Hall–Kier alpha value is -1.29. The first-order valence-electron chi connectivity index (χ1n) is 7.71. The zero-order valence-corrected chi connectivity index (χ0v) is 14.2. The van der Waals surface area contributed by atoms with Crippen molar-refractivity contribution in [2.75, 3.05) is 40.0 Å². The van der Waals surface area contributed by atoms with Crippen molar-refractivity contribution in [1.29, 1.82) is 0 Å². The summed E-state index contributed by atoms with van der Waals surface area (Å²) in [5.74, 6) is 0.683. The summed E-state index contributed by atoms with van der Waals surface area (Å²) in [4.78, 5) is 6.69. The van der Waals surface area contributed by atoms with Crippen LogP contribution >= 0.6 is 11.3 Å². The smallest absolute Gasteiger partial charge is 0.289 e. The van der Waals surface area contributed by atoms with Gasteiger partial charge in [-0.3, -0.25) is 9.96 Å². The molecular formula is C15H22N4O3S. The van der Waals surface area contributed by atoms with Gasteiger partial charge in [0.15, 0.2) is 6.17 Å². The van der Waals surface area contributed by atoms with Gasteiger partial charge in [0, 0.05) is 13.1 Å². The number of methoxy groups -OCH3 is 1. The molecule has 126 valence electrons. The van der Waals surface area contributed by atoms with Gasteiger partial charge in [-0.25, -0.2) is 4.90 Å². The Bertz CT molecular complexity index is 680. The molecule has 0 radical (unpaired) electrons. The van der Waals surface area contributed by atoms with E-state index in [0.29, 0.717) is 30.6 Å². The number of hydrogen-bond acceptors (Lipinski definition) is 7. The summed E-state index contributed by atoms with van der Waals surface area (Å²) < 4.78 is 5.76. The third-order valence-corrected chi connectivity index (χ3v) is 5.33. The second kappa shape index (κ2) is 6.68. The predicted molar refractivity (Wildman–Crippen MR) is 92.3 cm³/mol. The molecule has 1 aliphatic heterocycles. The molecule has 23 heavy (non-hydrogen) atoms. The van der Waals surface area contributed by atoms with Crippen LogP contribution in [0.25, 0.3) is 10.2 Å². The molecule has 0 amide bonds. The lowest BCUT2D eigenvalue weighted by Crippen LogP contribution is -2.56. The van der Waals surface area contributed by atoms with Gasteiger partial charge in [-0.05, 0) is 12.1 Å². The van der Waals surface area contributed by atoms with Crippen LogP contribution in [-0.2, 0) is 0 Å². The van der Waals surface area contributed by atoms with E-state index >= 15 is 0 Å². The first-order chi connectivity index (χ1) is 11.1. The van der Waals surface area contributed by atoms with Gasteiger partial charge in [0.25, 0.3) is 5.13 Å². The van der Waals surface area contributed by atoms with Crippen LogP contribution < -0.4 is 14.7 Å². The van der Waals surface area contributed by atoms with Gasteiger partial charge in [-0.15, -0.1) is 0 Å². The molecule has 0 aliphatic carbocycles. The van der Waals surface area contributed by atoms with E-state index < -0.39 is 4.65 Å². The fourth-order valence-electron chi connectivity index (χ4n) is 2.93. The summed E-state index contributed by atoms with van der Waals surface area (Å²) in [6, 6.07) is 5.71. The molecule has 1 aromatic heterocycles. The van der Waals surface area contributed by atoms with E-state index in [-0.39, 0.29) is 12.8 Å². The first kappa shape index (κ1) is 16.6. The molecule has 2 aromatic rings. The molecule has 1 aromatic carbocycles. The van der Waals surface area contributed by atoms with Crippen LogP contribution in [0.5, 0.6) is 5.75 Å². The van der Waals surface area contributed by atoms with E-state index in [4.69, 9.17) is 9.84 Å². The van der Waals surface area contributed by atoms with Crippen LogP contribution in [0.1, 0.15) is 6.92 Å². The van der Waals surface area contributed by atoms with Crippen LogP contribution in [0.3, 0.4) is 0 Å². The molecule has 3 rings (SSSR count). The zero-order valence-electron chi connectivity index (χ0n) is 13.4. The maximum Gasteiger partial charge on any atom is 0.289 e. The van der Waals surface area contributed by atoms with Gasteiger partial charge in [0.2, 0.25) is 0 Å². The number of rotatable bonds is 6. The number of ether oxygens (including phenoxy) is 1. The number of hydrogen-bond donors (Lipinski definition) is 2. The highest BCUT2D eigenvalue weighted by Crippen LogP contribution is 2.39. The molecule has 1 aliphatic rings. The summed E-state index contributed by atoms with van der Waals surface area (Å²) in [6.45, 7) is 4.28. The molecule has 0 bridgehead atoms. The average molecular weight is 338 g/mol. The summed E-state index contributed by atoms with van der Waals surface area (Å²) in [7, 11) is 1.61. The summed E-state index contributed by atoms with van der Waals surface area (Å²) >= 11 is 1.41. The van der Waals surface area contributed by atoms with Crippen LogP contribution in [0.15, 0.2) is 18.2 Å². The Morgan fingerprint density at radius 2 is 2.39 bits per heavy atom. The van der Waals surface area contributed by atoms with Crippen molar-refractivity contribution in [2.45, 2.75) is 13.1 Å². The number of hydroxylamine groups is 2. The van der Waals surface area contributed by atoms with Crippen LogP contribution in [0.4, 0.5) is 5.13 Å². The fourth-order valence-corrected chi connectivity index (χ4v) is 4.00. The van der Waals surface area contributed by atoms with Gasteiger partial charge >= 0.3 is 0 Å². The number of para-hydroxylation sites is 1. The number of aliphatic hydroxyl groups is 1. The summed E-state index contributed by atoms with van der Waals surface area (Å²) in [6.07, 6.45) is -0.325. The van der Waals surface area contributed by atoms with E-state index in [1.54, 1.807) is 7.11 Å². The third-order valence-electron chi connectivity index (χ3n) is 4.20. The summed E-state index contributed by atoms with van der Waals surface area (Å²) in [5, 5.41) is 26.3. The zero-order chi connectivity index (χ0) is 16.4. The first-order valence-corrected chi connectivity index (χ1v) is 8.53. The standard InChI is InChI=1S/C15H22N4O3S/c1-3-18-9-13(16-7-8-20)19(21,10-18)15-17-14-11(22-2)5-4-6-12(14)23-15/h4-6,13,16,20H,3,7-10H2,1-2H3. The van der Waals surface area contributed by atoms with Crippen LogP contribution in [0, 0.1) is 5.21 Å². The topological polar surface area (TPSA) is 80.7 Å². The van der Waals surface area contributed by atoms with Crippen molar-refractivity contribution >= 4 is 26.7 Å². The van der Waals surface area contributed by atoms with Gasteiger partial charge in [-0.1, -0.05) is 24.3 Å². The highest BCUT2D eigenvalue weighted by atomic mass is 32.1. The van der Waals surface area contributed by atoms with E-state index in [9.17, 15) is 5.21 Å². The number of benzene rings is 1. The van der Waals surface area contributed by atoms with E-state index in [0.717, 1.165) is 16.8 Å². The Morgan fingerprint density at radius 1 is 1.57 bits per heavy atom. The normalized spacial score (nSPS) is 25.3. The minimum atomic E-state index is -0.531. The Balaban J connectivity index is 1.99. The van der Waals surface area contributed by atoms with Crippen molar-refractivity contribution in [3.63, 3.8) is 0 Å². The van der Waals surface area contributed by atoms with Crippen molar-refractivity contribution in [1.82, 2.24) is 19.8 Å². The number of thiazole rings is 1. The van der Waals surface area contributed by atoms with E-state index in [2.05, 4.69) is 15.2 Å². The Labute approximate surface area is 139 Å². The maximum absolute atomic E-state index is 13.5. The molecule has 7 nitrogen and oxygen atoms in total. The minimum Gasteiger partial charge on any atom is -0.623 e. The van der Waals surface area contributed by atoms with Gasteiger partial charge in [0.1, 0.15) is 17.9 Å². The quantitative estimate of drug-likeness (QED) is 0.611. The third kappa shape index (κ3) is 2.93. The molecule has 1 saturated heterocycles. The molecular weight excluding hydrogens is 316 g/mol. The largest absolute Gasteiger partial charge is 0.623 e. The Kier molecular flexibility index (Phi) is 4.81. The van der Waals surface area contributed by atoms with E-state index in [1.165, 1.54) is 11.3 Å². The number of aromatic nitrogens is 1. The van der Waals surface area contributed by atoms with E-state index in [1.807, 2.05) is 25.1 Å². The lowest BCUT2D eigenvalue weighted by atomic mass is 10.3. The van der Waals surface area contributed by atoms with Crippen molar-refractivity contribution in [3.05, 3.63) is 23.4 Å². The molecule has 2 N–H and O–H groups in total. The van der Waals surface area contributed by atoms with Crippen LogP contribution in [0.2, 0.25) is 0 Å². The van der Waals surface area contributed by atoms with Crippen molar-refractivity contribution in [2.24, 2.45) is 0 Å². The van der Waals surface area contributed by atoms with Crippen molar-refractivity contribution in [3.8, 4) is 5.75 Å². The number of fused-ring (bicyclic) bond motifs is 1. The number of quaternary nitrogens is 1. The number of nitrogens with zero attached hydrogens (tertiary/aromatic N) is 3. The molecule has 2 atom stereocenters. The molecule has 8 heteroatoms. The lowest BCUT2D eigenvalue weighted by molar-refractivity contribution is 0.247. The maximum atomic E-state index is 13.5. The fraction of sp³-hybridized carbons (Fsp3) is 0.533. The van der Waals surface area contributed by atoms with Gasteiger partial charge < -0.3 is 15.1 Å². The van der Waals surface area contributed by atoms with Crippen molar-refractivity contribution < 1.29 is 9.84 Å². The molecule has 0 saturated carbocycles. The molecule has 2 unspecified atom stereocenters. The SMILES string of the molecule is CCN1CC(NCCO)[N+]([O-])(c2nc3c(OC)cccc3s2)C1. The average Bonchev–Trinajstić information content (AvgIpc) is 3.14. The second-order valence-electron chi connectivity index (χ2n) is 5.60.